The van der Waals surface area contributed by atoms with Crippen LogP contribution in [0.25, 0.3) is 0 Å². The number of carbonyl (C=O) groups excluding carboxylic acids is 2. The summed E-state index contributed by atoms with van der Waals surface area (Å²) in [4.78, 5) is 22.7. The molecule has 0 heterocycles. The van der Waals surface area contributed by atoms with E-state index in [1.54, 1.807) is 13.8 Å². The number of carboxylic acids is 1. The number of carbonyl (C=O) groups is 2. The first-order valence-corrected chi connectivity index (χ1v) is 11.0. The number of carboxylic acid groups (broad SMARTS) is 1. The molecule has 1 amide bonds. The first kappa shape index (κ1) is 29.1. The number of amides is 1. The van der Waals surface area contributed by atoms with Crippen molar-refractivity contribution in [2.24, 2.45) is 5.92 Å². The minimum absolute atomic E-state index is 0. The number of aliphatic carboxylic acids is 1. The van der Waals surface area contributed by atoms with Gasteiger partial charge in [0.2, 0.25) is 5.91 Å². The van der Waals surface area contributed by atoms with Gasteiger partial charge in [-0.15, -0.1) is 0 Å². The number of hydrogen-bond donors (Lipinski definition) is 1. The van der Waals surface area contributed by atoms with Gasteiger partial charge in [-0.2, -0.15) is 0 Å². The largest absolute Gasteiger partial charge is 1.00 e. The predicted octanol–water partition coefficient (Wildman–Crippen LogP) is 1.75. The fraction of sp³-hybridized carbons (Fsp3) is 0.909. The van der Waals surface area contributed by atoms with Crippen LogP contribution in [0.3, 0.4) is 0 Å². The zero-order chi connectivity index (χ0) is 19.6. The molecule has 0 unspecified atom stereocenters. The van der Waals surface area contributed by atoms with Gasteiger partial charge in [0.05, 0.1) is 12.0 Å². The molecule has 0 aliphatic rings. The van der Waals surface area contributed by atoms with E-state index >= 15 is 0 Å². The van der Waals surface area contributed by atoms with Crippen molar-refractivity contribution in [1.82, 2.24) is 5.32 Å². The van der Waals surface area contributed by atoms with Crippen LogP contribution in [0.2, 0.25) is 0 Å². The van der Waals surface area contributed by atoms with Crippen molar-refractivity contribution < 1.29 is 44.3 Å². The summed E-state index contributed by atoms with van der Waals surface area (Å²) in [5.41, 5.74) is 0. The summed E-state index contributed by atoms with van der Waals surface area (Å²) < 4.78 is 0. The van der Waals surface area contributed by atoms with Crippen LogP contribution in [-0.2, 0) is 9.59 Å². The summed E-state index contributed by atoms with van der Waals surface area (Å²) in [6, 6.07) is -0.880. The van der Waals surface area contributed by atoms with Crippen molar-refractivity contribution in [3.05, 3.63) is 0 Å². The molecule has 0 rings (SSSR count). The normalized spacial score (nSPS) is 11.9. The topological polar surface area (TPSA) is 69.2 Å². The van der Waals surface area contributed by atoms with Gasteiger partial charge in [-0.05, 0) is 12.3 Å². The summed E-state index contributed by atoms with van der Waals surface area (Å²) in [6.07, 6.45) is 18.4. The Balaban J connectivity index is 0. The van der Waals surface area contributed by atoms with Gasteiger partial charge in [-0.1, -0.05) is 104 Å². The second-order valence-corrected chi connectivity index (χ2v) is 7.95. The van der Waals surface area contributed by atoms with Gasteiger partial charge >= 0.3 is 29.6 Å². The standard InChI is InChI=1S/C22H43NO3.Na/c1-4-5-6-7-8-9-10-11-12-13-14-15-16-17-18-20(24)23-21(19(2)3)22(25)26;/h19,21H,4-18H2,1-3H3,(H,23,24)(H,25,26);/q;+1/p-1/t21-;/m0./s1. The molecule has 0 saturated heterocycles. The monoisotopic (exact) mass is 391 g/mol. The third-order valence-electron chi connectivity index (χ3n) is 4.99. The SMILES string of the molecule is CCCCCCCCCCCCCCCCC(=O)N[C@H](C(=O)[O-])C(C)C.[Na+]. The molecule has 27 heavy (non-hydrogen) atoms. The average Bonchev–Trinajstić information content (AvgIpc) is 2.59. The number of hydrogen-bond acceptors (Lipinski definition) is 3. The van der Waals surface area contributed by atoms with Gasteiger partial charge in [0.1, 0.15) is 0 Å². The van der Waals surface area contributed by atoms with Crippen molar-refractivity contribution in [3.63, 3.8) is 0 Å². The van der Waals surface area contributed by atoms with Gasteiger partial charge in [0.15, 0.2) is 0 Å². The quantitative estimate of drug-likeness (QED) is 0.286. The molecule has 1 N–H and O–H groups in total. The molecule has 0 aromatic rings. The first-order valence-electron chi connectivity index (χ1n) is 11.0. The minimum Gasteiger partial charge on any atom is -0.548 e. The Morgan fingerprint density at radius 2 is 1.11 bits per heavy atom. The Kier molecular flexibility index (Phi) is 22.3. The molecule has 0 bridgehead atoms. The van der Waals surface area contributed by atoms with E-state index in [1.165, 1.54) is 77.0 Å². The van der Waals surface area contributed by atoms with Crippen molar-refractivity contribution in [3.8, 4) is 0 Å². The molecular formula is C22H42NNaO3. The fourth-order valence-electron chi connectivity index (χ4n) is 3.22. The van der Waals surface area contributed by atoms with Crippen LogP contribution < -0.4 is 40.0 Å². The Labute approximate surface area is 189 Å². The van der Waals surface area contributed by atoms with Gasteiger partial charge < -0.3 is 15.2 Å². The molecular weight excluding hydrogens is 349 g/mol. The number of rotatable bonds is 18. The first-order chi connectivity index (χ1) is 12.5. The smallest absolute Gasteiger partial charge is 0.548 e. The van der Waals surface area contributed by atoms with Gasteiger partial charge in [-0.3, -0.25) is 4.79 Å². The zero-order valence-electron chi connectivity index (χ0n) is 18.5. The molecule has 0 saturated carbocycles. The molecule has 0 aliphatic heterocycles. The zero-order valence-corrected chi connectivity index (χ0v) is 20.5. The van der Waals surface area contributed by atoms with Crippen molar-refractivity contribution in [2.75, 3.05) is 0 Å². The van der Waals surface area contributed by atoms with E-state index < -0.39 is 12.0 Å². The molecule has 4 nitrogen and oxygen atoms in total. The summed E-state index contributed by atoms with van der Waals surface area (Å²) in [5, 5.41) is 13.5. The van der Waals surface area contributed by atoms with E-state index in [0.29, 0.717) is 6.42 Å². The van der Waals surface area contributed by atoms with Gasteiger partial charge in [-0.25, -0.2) is 0 Å². The molecule has 0 aromatic heterocycles. The maximum Gasteiger partial charge on any atom is 1.00 e. The second kappa shape index (κ2) is 20.7. The summed E-state index contributed by atoms with van der Waals surface area (Å²) in [6.45, 7) is 5.80. The maximum atomic E-state index is 11.8. The van der Waals surface area contributed by atoms with Crippen LogP contribution in [0, 0.1) is 5.92 Å². The van der Waals surface area contributed by atoms with Gasteiger partial charge in [0.25, 0.3) is 0 Å². The Morgan fingerprint density at radius 1 is 0.741 bits per heavy atom. The minimum atomic E-state index is -1.20. The van der Waals surface area contributed by atoms with E-state index in [0.717, 1.165) is 12.8 Å². The summed E-state index contributed by atoms with van der Waals surface area (Å²) in [5.74, 6) is -1.53. The van der Waals surface area contributed by atoms with E-state index in [4.69, 9.17) is 0 Å². The molecule has 154 valence electrons. The third-order valence-corrected chi connectivity index (χ3v) is 4.99. The molecule has 0 radical (unpaired) electrons. The Bertz CT molecular complexity index is 361. The van der Waals surface area contributed by atoms with E-state index in [1.807, 2.05) is 0 Å². The summed E-state index contributed by atoms with van der Waals surface area (Å²) >= 11 is 0. The average molecular weight is 392 g/mol. The molecule has 0 aliphatic carbocycles. The predicted molar refractivity (Wildman–Crippen MR) is 107 cm³/mol. The van der Waals surface area contributed by atoms with E-state index in [2.05, 4.69) is 12.2 Å². The Morgan fingerprint density at radius 3 is 1.44 bits per heavy atom. The molecule has 5 heteroatoms. The fourth-order valence-corrected chi connectivity index (χ4v) is 3.22. The molecule has 0 spiro atoms. The van der Waals surface area contributed by atoms with E-state index in [9.17, 15) is 14.7 Å². The van der Waals surface area contributed by atoms with Crippen LogP contribution in [0.4, 0.5) is 0 Å². The van der Waals surface area contributed by atoms with Crippen molar-refractivity contribution >= 4 is 11.9 Å². The molecule has 1 atom stereocenters. The number of nitrogens with one attached hydrogen (secondary N) is 1. The van der Waals surface area contributed by atoms with Crippen molar-refractivity contribution in [2.45, 2.75) is 123 Å². The van der Waals surface area contributed by atoms with Gasteiger partial charge in [0, 0.05) is 6.42 Å². The van der Waals surface area contributed by atoms with Crippen LogP contribution in [0.5, 0.6) is 0 Å². The van der Waals surface area contributed by atoms with Crippen LogP contribution >= 0.6 is 0 Å². The third kappa shape index (κ3) is 19.0. The summed E-state index contributed by atoms with van der Waals surface area (Å²) in [7, 11) is 0. The Hall–Kier alpha value is -0.0600. The van der Waals surface area contributed by atoms with Crippen molar-refractivity contribution in [1.29, 1.82) is 0 Å². The number of unbranched alkanes of at least 4 members (excludes halogenated alkanes) is 13. The van der Waals surface area contributed by atoms with Crippen LogP contribution in [0.15, 0.2) is 0 Å². The van der Waals surface area contributed by atoms with Crippen LogP contribution in [0.1, 0.15) is 117 Å². The molecule has 0 fully saturated rings. The maximum absolute atomic E-state index is 11.8. The molecule has 0 aromatic carbocycles. The van der Waals surface area contributed by atoms with E-state index in [-0.39, 0.29) is 41.4 Å². The van der Waals surface area contributed by atoms with Crippen LogP contribution in [-0.4, -0.2) is 17.9 Å². The second-order valence-electron chi connectivity index (χ2n) is 7.95.